The van der Waals surface area contributed by atoms with Gasteiger partial charge in [0.1, 0.15) is 11.0 Å². The Balaban J connectivity index is 1.91. The Morgan fingerprint density at radius 2 is 1.96 bits per heavy atom. The highest BCUT2D eigenvalue weighted by atomic mass is 16.5. The predicted molar refractivity (Wildman–Crippen MR) is 92.7 cm³/mol. The quantitative estimate of drug-likeness (QED) is 0.492. The van der Waals surface area contributed by atoms with Crippen molar-refractivity contribution >= 4 is 28.5 Å². The van der Waals surface area contributed by atoms with E-state index in [4.69, 9.17) is 9.72 Å². The number of fused-ring (bicyclic) bond motifs is 3. The molecule has 0 saturated carbocycles. The molecule has 4 rings (SSSR count). The highest BCUT2D eigenvalue weighted by molar-refractivity contribution is 5.93. The van der Waals surface area contributed by atoms with E-state index in [0.29, 0.717) is 5.56 Å². The van der Waals surface area contributed by atoms with Crippen molar-refractivity contribution in [1.82, 2.24) is 19.7 Å². The molecule has 1 aliphatic heterocycles. The number of hydrogen-bond acceptors (Lipinski definition) is 6. The summed E-state index contributed by atoms with van der Waals surface area (Å²) < 4.78 is 8.58. The van der Waals surface area contributed by atoms with Gasteiger partial charge in [-0.25, -0.2) is 9.78 Å². The van der Waals surface area contributed by atoms with Gasteiger partial charge >= 0.3 is 11.6 Å². The fourth-order valence-corrected chi connectivity index (χ4v) is 3.22. The lowest BCUT2D eigenvalue weighted by Gasteiger charge is -2.32. The monoisotopic (exact) mass is 341 g/mol. The van der Waals surface area contributed by atoms with Crippen LogP contribution in [-0.4, -0.2) is 66.0 Å². The third-order valence-electron chi connectivity index (χ3n) is 4.65. The van der Waals surface area contributed by atoms with Crippen molar-refractivity contribution in [1.29, 1.82) is 0 Å². The van der Waals surface area contributed by atoms with Crippen LogP contribution in [0.15, 0.2) is 24.5 Å². The molecule has 130 valence electrons. The van der Waals surface area contributed by atoms with Crippen LogP contribution in [0.3, 0.4) is 0 Å². The minimum atomic E-state index is -0.359. The number of piperazine rings is 1. The van der Waals surface area contributed by atoms with Crippen molar-refractivity contribution in [2.45, 2.75) is 0 Å². The second-order valence-corrected chi connectivity index (χ2v) is 6.40. The number of benzene rings is 1. The van der Waals surface area contributed by atoms with E-state index >= 15 is 0 Å². The molecule has 1 aliphatic rings. The minimum Gasteiger partial charge on any atom is -0.465 e. The van der Waals surface area contributed by atoms with Gasteiger partial charge in [0, 0.05) is 31.3 Å². The van der Waals surface area contributed by atoms with Crippen LogP contribution in [0.2, 0.25) is 0 Å². The summed E-state index contributed by atoms with van der Waals surface area (Å²) in [6.07, 6.45) is 1.90. The number of esters is 1. The van der Waals surface area contributed by atoms with Crippen LogP contribution in [0.25, 0.3) is 16.7 Å². The highest BCUT2D eigenvalue weighted by Crippen LogP contribution is 2.21. The van der Waals surface area contributed by atoms with Crippen LogP contribution < -0.4 is 9.30 Å². The van der Waals surface area contributed by atoms with Gasteiger partial charge < -0.3 is 14.5 Å². The van der Waals surface area contributed by atoms with E-state index in [9.17, 15) is 4.79 Å². The summed E-state index contributed by atoms with van der Waals surface area (Å²) in [5.41, 5.74) is 2.96. The molecule has 3 heterocycles. The first-order valence-corrected chi connectivity index (χ1v) is 8.27. The number of aromatic nitrogens is 4. The third-order valence-corrected chi connectivity index (χ3v) is 4.65. The molecule has 0 amide bonds. The average molecular weight is 341 g/mol. The zero-order valence-electron chi connectivity index (χ0n) is 14.6. The lowest BCUT2D eigenvalue weighted by atomic mass is 10.2. The molecule has 0 unspecified atom stereocenters. The molecule has 0 N–H and O–H groups in total. The topological polar surface area (TPSA) is 67.6 Å². The summed E-state index contributed by atoms with van der Waals surface area (Å²) >= 11 is 0. The summed E-state index contributed by atoms with van der Waals surface area (Å²) in [5.74, 6) is 0.523. The molecule has 0 aliphatic carbocycles. The molecule has 8 nitrogen and oxygen atoms in total. The molecule has 0 atom stereocenters. The zero-order chi connectivity index (χ0) is 17.6. The molecular formula is C17H21N6O2+. The molecule has 3 aromatic rings. The van der Waals surface area contributed by atoms with Crippen LogP contribution in [0, 0.1) is 0 Å². The van der Waals surface area contributed by atoms with Crippen molar-refractivity contribution in [3.63, 3.8) is 0 Å². The van der Waals surface area contributed by atoms with E-state index in [1.807, 2.05) is 23.8 Å². The summed E-state index contributed by atoms with van der Waals surface area (Å²) in [5, 5.41) is 4.60. The van der Waals surface area contributed by atoms with Crippen LogP contribution in [0.5, 0.6) is 0 Å². The van der Waals surface area contributed by atoms with E-state index in [1.165, 1.54) is 7.11 Å². The largest absolute Gasteiger partial charge is 0.465 e. The van der Waals surface area contributed by atoms with Gasteiger partial charge in [-0.2, -0.15) is 4.40 Å². The smallest absolute Gasteiger partial charge is 0.349 e. The first-order valence-electron chi connectivity index (χ1n) is 8.27. The van der Waals surface area contributed by atoms with E-state index < -0.39 is 0 Å². The number of nitrogens with zero attached hydrogens (tertiary/aromatic N) is 6. The number of anilines is 1. The van der Waals surface area contributed by atoms with E-state index in [0.717, 1.165) is 48.7 Å². The molecule has 1 aromatic carbocycles. The number of methoxy groups -OCH3 is 1. The number of carbonyl (C=O) groups is 1. The zero-order valence-corrected chi connectivity index (χ0v) is 14.6. The standard InChI is InChI=1S/C17H21N6O2/c1-20-6-8-22(9-7-20)15-16-19-21(2)11-23(16)14-10-12(17(24)25-3)4-5-13(14)18-15/h4-5,10-11H,6-9H2,1-3H3/q+1. The normalized spacial score (nSPS) is 15.9. The molecule has 0 radical (unpaired) electrons. The number of likely N-dealkylation sites (N-methyl/N-ethyl adjacent to an activating group) is 1. The highest BCUT2D eigenvalue weighted by Gasteiger charge is 2.25. The Morgan fingerprint density at radius 3 is 2.68 bits per heavy atom. The second kappa shape index (κ2) is 5.96. The van der Waals surface area contributed by atoms with Crippen LogP contribution >= 0.6 is 0 Å². The molecule has 0 bridgehead atoms. The lowest BCUT2D eigenvalue weighted by molar-refractivity contribution is -0.482. The molecular weight excluding hydrogens is 320 g/mol. The summed E-state index contributed by atoms with van der Waals surface area (Å²) in [6, 6.07) is 5.41. The first-order chi connectivity index (χ1) is 12.1. The van der Waals surface area contributed by atoms with E-state index in [-0.39, 0.29) is 5.97 Å². The first kappa shape index (κ1) is 15.8. The van der Waals surface area contributed by atoms with Crippen molar-refractivity contribution in [2.75, 3.05) is 45.2 Å². The lowest BCUT2D eigenvalue weighted by Crippen LogP contribution is -2.45. The Hall–Kier alpha value is -2.74. The van der Waals surface area contributed by atoms with E-state index in [2.05, 4.69) is 21.9 Å². The van der Waals surface area contributed by atoms with Gasteiger partial charge in [0.15, 0.2) is 0 Å². The van der Waals surface area contributed by atoms with Crippen LogP contribution in [-0.2, 0) is 11.8 Å². The van der Waals surface area contributed by atoms with Gasteiger partial charge in [0.25, 0.3) is 0 Å². The summed E-state index contributed by atoms with van der Waals surface area (Å²) in [4.78, 5) is 21.3. The molecule has 2 aromatic heterocycles. The van der Waals surface area contributed by atoms with Crippen molar-refractivity contribution in [3.8, 4) is 0 Å². The Morgan fingerprint density at radius 1 is 1.20 bits per heavy atom. The molecule has 0 spiro atoms. The summed E-state index contributed by atoms with van der Waals surface area (Å²) in [6.45, 7) is 3.84. The van der Waals surface area contributed by atoms with Crippen molar-refractivity contribution < 1.29 is 13.9 Å². The second-order valence-electron chi connectivity index (χ2n) is 6.40. The van der Waals surface area contributed by atoms with Gasteiger partial charge in [0.05, 0.1) is 19.7 Å². The maximum atomic E-state index is 11.9. The van der Waals surface area contributed by atoms with Gasteiger partial charge in [-0.3, -0.25) is 0 Å². The van der Waals surface area contributed by atoms with Gasteiger partial charge in [-0.15, -0.1) is 4.68 Å². The summed E-state index contributed by atoms with van der Waals surface area (Å²) in [7, 11) is 5.40. The van der Waals surface area contributed by atoms with Crippen LogP contribution in [0.4, 0.5) is 5.82 Å². The van der Waals surface area contributed by atoms with Gasteiger partial charge in [-0.05, 0) is 25.2 Å². The Labute approximate surface area is 145 Å². The number of rotatable bonds is 2. The van der Waals surface area contributed by atoms with Gasteiger partial charge in [0.2, 0.25) is 12.1 Å². The fourth-order valence-electron chi connectivity index (χ4n) is 3.22. The number of ether oxygens (including phenoxy) is 1. The van der Waals surface area contributed by atoms with Crippen molar-refractivity contribution in [3.05, 3.63) is 30.1 Å². The SMILES string of the molecule is COC(=O)c1ccc2nc(N3CCN(C)CC3)c3nn(C)c[n+]3c2c1. The maximum absolute atomic E-state index is 11.9. The predicted octanol–water partition coefficient (Wildman–Crippen LogP) is 0.245. The fraction of sp³-hybridized carbons (Fsp3) is 0.412. The number of aryl methyl sites for hydroxylation is 1. The van der Waals surface area contributed by atoms with Crippen molar-refractivity contribution in [2.24, 2.45) is 7.05 Å². The molecule has 25 heavy (non-hydrogen) atoms. The van der Waals surface area contributed by atoms with Crippen LogP contribution in [0.1, 0.15) is 10.4 Å². The van der Waals surface area contributed by atoms with Gasteiger partial charge in [-0.1, -0.05) is 0 Å². The maximum Gasteiger partial charge on any atom is 0.349 e. The minimum absolute atomic E-state index is 0.359. The Kier molecular flexibility index (Phi) is 3.76. The van der Waals surface area contributed by atoms with E-state index in [1.54, 1.807) is 16.8 Å². The number of hydrogen-bond donors (Lipinski definition) is 0. The molecule has 1 saturated heterocycles. The Bertz CT molecular complexity index is 959. The molecule has 1 fully saturated rings. The third kappa shape index (κ3) is 2.68. The number of carbonyl (C=O) groups excluding carboxylic acids is 1. The molecule has 8 heteroatoms. The average Bonchev–Trinajstić information content (AvgIpc) is 3.02.